The van der Waals surface area contributed by atoms with Crippen LogP contribution in [0, 0.1) is 11.8 Å². The van der Waals surface area contributed by atoms with Gasteiger partial charge in [0, 0.05) is 6.04 Å². The highest BCUT2D eigenvalue weighted by atomic mass is 14.9. The van der Waals surface area contributed by atoms with E-state index in [1.807, 2.05) is 0 Å². The first-order chi connectivity index (χ1) is 8.92. The van der Waals surface area contributed by atoms with Gasteiger partial charge < -0.3 is 5.32 Å². The van der Waals surface area contributed by atoms with E-state index in [0.29, 0.717) is 0 Å². The Bertz CT molecular complexity index is 359. The van der Waals surface area contributed by atoms with Crippen LogP contribution in [0.5, 0.6) is 0 Å². The monoisotopic (exact) mass is 243 g/mol. The first-order valence-electron chi connectivity index (χ1n) is 7.69. The summed E-state index contributed by atoms with van der Waals surface area (Å²) in [6, 6.07) is 11.7. The molecule has 18 heavy (non-hydrogen) atoms. The van der Waals surface area contributed by atoms with E-state index in [1.165, 1.54) is 57.1 Å². The van der Waals surface area contributed by atoms with Crippen LogP contribution in [-0.2, 0) is 6.42 Å². The van der Waals surface area contributed by atoms with Crippen molar-refractivity contribution in [2.75, 3.05) is 6.54 Å². The smallest absolute Gasteiger partial charge is 0.00980 e. The van der Waals surface area contributed by atoms with Crippen molar-refractivity contribution in [3.63, 3.8) is 0 Å². The van der Waals surface area contributed by atoms with Gasteiger partial charge in [-0.2, -0.15) is 0 Å². The lowest BCUT2D eigenvalue weighted by Gasteiger charge is -2.22. The predicted molar refractivity (Wildman–Crippen MR) is 76.6 cm³/mol. The topological polar surface area (TPSA) is 12.0 Å². The lowest BCUT2D eigenvalue weighted by atomic mass is 9.95. The maximum Gasteiger partial charge on any atom is 0.00980 e. The van der Waals surface area contributed by atoms with Crippen molar-refractivity contribution in [2.45, 2.75) is 51.0 Å². The van der Waals surface area contributed by atoms with Crippen molar-refractivity contribution in [1.29, 1.82) is 0 Å². The Kier molecular flexibility index (Phi) is 3.99. The summed E-state index contributed by atoms with van der Waals surface area (Å²) in [5, 5.41) is 3.80. The molecular formula is C17H25N. The molecule has 3 unspecified atom stereocenters. The van der Waals surface area contributed by atoms with Gasteiger partial charge in [0.05, 0.1) is 0 Å². The summed E-state index contributed by atoms with van der Waals surface area (Å²) < 4.78 is 0. The van der Waals surface area contributed by atoms with Gasteiger partial charge in [-0.05, 0) is 62.5 Å². The molecule has 2 saturated carbocycles. The highest BCUT2D eigenvalue weighted by Crippen LogP contribution is 2.44. The van der Waals surface area contributed by atoms with Gasteiger partial charge >= 0.3 is 0 Å². The molecule has 0 aromatic heterocycles. The Labute approximate surface area is 111 Å². The van der Waals surface area contributed by atoms with Gasteiger partial charge in [-0.25, -0.2) is 0 Å². The number of benzene rings is 1. The average molecular weight is 243 g/mol. The molecule has 2 aliphatic rings. The number of aryl methyl sites for hydroxylation is 1. The third-order valence-corrected chi connectivity index (χ3v) is 4.88. The summed E-state index contributed by atoms with van der Waals surface area (Å²) in [6.07, 6.45) is 9.86. The molecule has 1 heteroatoms. The maximum atomic E-state index is 3.80. The fraction of sp³-hybridized carbons (Fsp3) is 0.647. The van der Waals surface area contributed by atoms with Crippen LogP contribution >= 0.6 is 0 Å². The number of hydrogen-bond donors (Lipinski definition) is 1. The van der Waals surface area contributed by atoms with E-state index in [1.54, 1.807) is 0 Å². The van der Waals surface area contributed by atoms with Crippen LogP contribution in [0.25, 0.3) is 0 Å². The Morgan fingerprint density at radius 2 is 1.89 bits per heavy atom. The number of rotatable bonds is 6. The Balaban J connectivity index is 1.29. The zero-order valence-electron chi connectivity index (χ0n) is 11.3. The standard InChI is InChI=1S/C17H25N/c1-2-6-14(7-3-1)8-4-5-11-18-17-13-15-9-10-16(17)12-15/h1-3,6-7,15-18H,4-5,8-13H2. The van der Waals surface area contributed by atoms with Crippen LogP contribution in [0.1, 0.15) is 44.1 Å². The van der Waals surface area contributed by atoms with E-state index in [0.717, 1.165) is 17.9 Å². The van der Waals surface area contributed by atoms with E-state index in [4.69, 9.17) is 0 Å². The second-order valence-corrected chi connectivity index (χ2v) is 6.18. The van der Waals surface area contributed by atoms with Crippen LogP contribution < -0.4 is 5.32 Å². The quantitative estimate of drug-likeness (QED) is 0.750. The zero-order valence-corrected chi connectivity index (χ0v) is 11.3. The van der Waals surface area contributed by atoms with Gasteiger partial charge in [-0.1, -0.05) is 36.8 Å². The maximum absolute atomic E-state index is 3.80. The molecule has 98 valence electrons. The second-order valence-electron chi connectivity index (χ2n) is 6.18. The average Bonchev–Trinajstić information content (AvgIpc) is 3.02. The minimum absolute atomic E-state index is 0.862. The molecule has 0 aliphatic heterocycles. The molecule has 1 N–H and O–H groups in total. The molecule has 1 aromatic rings. The van der Waals surface area contributed by atoms with Gasteiger partial charge in [0.1, 0.15) is 0 Å². The first-order valence-corrected chi connectivity index (χ1v) is 7.69. The predicted octanol–water partition coefficient (Wildman–Crippen LogP) is 3.79. The fourth-order valence-corrected chi connectivity index (χ4v) is 3.88. The highest BCUT2D eigenvalue weighted by Gasteiger charge is 2.38. The Morgan fingerprint density at radius 3 is 2.61 bits per heavy atom. The highest BCUT2D eigenvalue weighted by molar-refractivity contribution is 5.14. The van der Waals surface area contributed by atoms with Crippen molar-refractivity contribution in [3.8, 4) is 0 Å². The molecule has 3 rings (SSSR count). The van der Waals surface area contributed by atoms with E-state index in [-0.39, 0.29) is 0 Å². The van der Waals surface area contributed by atoms with Crippen LogP contribution in [-0.4, -0.2) is 12.6 Å². The van der Waals surface area contributed by atoms with Crippen molar-refractivity contribution in [3.05, 3.63) is 35.9 Å². The van der Waals surface area contributed by atoms with Gasteiger partial charge in [-0.15, -0.1) is 0 Å². The van der Waals surface area contributed by atoms with Gasteiger partial charge in [0.15, 0.2) is 0 Å². The summed E-state index contributed by atoms with van der Waals surface area (Å²) in [7, 11) is 0. The molecule has 1 nitrogen and oxygen atoms in total. The van der Waals surface area contributed by atoms with Crippen LogP contribution in [0.15, 0.2) is 30.3 Å². The third kappa shape index (κ3) is 2.95. The van der Waals surface area contributed by atoms with Gasteiger partial charge in [-0.3, -0.25) is 0 Å². The largest absolute Gasteiger partial charge is 0.314 e. The van der Waals surface area contributed by atoms with E-state index < -0.39 is 0 Å². The SMILES string of the molecule is c1ccc(CCCCNC2CC3CCC2C3)cc1. The molecule has 0 amide bonds. The summed E-state index contributed by atoms with van der Waals surface area (Å²) in [4.78, 5) is 0. The second kappa shape index (κ2) is 5.88. The van der Waals surface area contributed by atoms with Crippen molar-refractivity contribution in [2.24, 2.45) is 11.8 Å². The normalized spacial score (nSPS) is 29.9. The molecule has 0 spiro atoms. The number of fused-ring (bicyclic) bond motifs is 2. The molecule has 0 radical (unpaired) electrons. The zero-order chi connectivity index (χ0) is 12.2. The lowest BCUT2D eigenvalue weighted by molar-refractivity contribution is 0.350. The Hall–Kier alpha value is -0.820. The molecule has 1 aromatic carbocycles. The van der Waals surface area contributed by atoms with Crippen molar-refractivity contribution in [1.82, 2.24) is 5.32 Å². The fourth-order valence-electron chi connectivity index (χ4n) is 3.88. The molecule has 2 bridgehead atoms. The molecule has 2 aliphatic carbocycles. The molecule has 3 atom stereocenters. The Morgan fingerprint density at radius 1 is 1.00 bits per heavy atom. The van der Waals surface area contributed by atoms with E-state index >= 15 is 0 Å². The first kappa shape index (κ1) is 12.2. The van der Waals surface area contributed by atoms with Gasteiger partial charge in [0.2, 0.25) is 0 Å². The summed E-state index contributed by atoms with van der Waals surface area (Å²) in [5.74, 6) is 2.08. The number of unbranched alkanes of at least 4 members (excludes halogenated alkanes) is 1. The van der Waals surface area contributed by atoms with Gasteiger partial charge in [0.25, 0.3) is 0 Å². The molecule has 0 heterocycles. The summed E-state index contributed by atoms with van der Waals surface area (Å²) >= 11 is 0. The van der Waals surface area contributed by atoms with Crippen LogP contribution in [0.3, 0.4) is 0 Å². The minimum Gasteiger partial charge on any atom is -0.314 e. The molecule has 2 fully saturated rings. The third-order valence-electron chi connectivity index (χ3n) is 4.88. The molecule has 0 saturated heterocycles. The minimum atomic E-state index is 0.862. The van der Waals surface area contributed by atoms with Crippen LogP contribution in [0.4, 0.5) is 0 Å². The summed E-state index contributed by atoms with van der Waals surface area (Å²) in [5.41, 5.74) is 1.48. The van der Waals surface area contributed by atoms with E-state index in [2.05, 4.69) is 35.6 Å². The van der Waals surface area contributed by atoms with E-state index in [9.17, 15) is 0 Å². The number of hydrogen-bond acceptors (Lipinski definition) is 1. The molecular weight excluding hydrogens is 218 g/mol. The van der Waals surface area contributed by atoms with Crippen LogP contribution in [0.2, 0.25) is 0 Å². The van der Waals surface area contributed by atoms with Crippen molar-refractivity contribution < 1.29 is 0 Å². The van der Waals surface area contributed by atoms with Crippen molar-refractivity contribution >= 4 is 0 Å². The lowest BCUT2D eigenvalue weighted by Crippen LogP contribution is -2.34. The number of nitrogens with one attached hydrogen (secondary N) is 1. The summed E-state index contributed by atoms with van der Waals surface area (Å²) in [6.45, 7) is 1.22.